The number of nitrogens with two attached hydrogens (primary N) is 1. The Labute approximate surface area is 110 Å². The zero-order valence-corrected chi connectivity index (χ0v) is 10.2. The molecule has 1 aromatic heterocycles. The summed E-state index contributed by atoms with van der Waals surface area (Å²) >= 11 is 0. The van der Waals surface area contributed by atoms with Crippen molar-refractivity contribution in [1.82, 2.24) is 4.98 Å². The number of nitrogens with zero attached hydrogens (tertiary/aromatic N) is 1. The molecule has 0 aliphatic heterocycles. The molecule has 2 aromatic rings. The monoisotopic (exact) mass is 264 g/mol. The Balaban J connectivity index is 2.01. The van der Waals surface area contributed by atoms with Crippen molar-refractivity contribution in [3.63, 3.8) is 0 Å². The number of rotatable bonds is 5. The highest BCUT2D eigenvalue weighted by molar-refractivity contribution is 5.30. The van der Waals surface area contributed by atoms with Crippen LogP contribution in [0.25, 0.3) is 0 Å². The number of aromatic nitrogens is 1. The quantitative estimate of drug-likeness (QED) is 0.903. The molecule has 1 heterocycles. The lowest BCUT2D eigenvalue weighted by Crippen LogP contribution is -2.13. The summed E-state index contributed by atoms with van der Waals surface area (Å²) in [7, 11) is 0. The van der Waals surface area contributed by atoms with Crippen molar-refractivity contribution in [2.75, 3.05) is 0 Å². The SMILES string of the molecule is NC(Cc1ccncc1)c1ccc(OC(F)F)cc1. The van der Waals surface area contributed by atoms with Crippen LogP contribution in [0.3, 0.4) is 0 Å². The lowest BCUT2D eigenvalue weighted by atomic mass is 10.0. The van der Waals surface area contributed by atoms with Crippen molar-refractivity contribution in [1.29, 1.82) is 0 Å². The second kappa shape index (κ2) is 6.24. The zero-order chi connectivity index (χ0) is 13.7. The fraction of sp³-hybridized carbons (Fsp3) is 0.214. The third-order valence-electron chi connectivity index (χ3n) is 2.74. The number of ether oxygens (including phenoxy) is 1. The van der Waals surface area contributed by atoms with E-state index in [1.807, 2.05) is 12.1 Å². The minimum atomic E-state index is -2.81. The highest BCUT2D eigenvalue weighted by Crippen LogP contribution is 2.20. The Kier molecular flexibility index (Phi) is 4.41. The minimum Gasteiger partial charge on any atom is -0.435 e. The van der Waals surface area contributed by atoms with E-state index in [9.17, 15) is 8.78 Å². The fourth-order valence-corrected chi connectivity index (χ4v) is 1.79. The van der Waals surface area contributed by atoms with Crippen molar-refractivity contribution < 1.29 is 13.5 Å². The number of pyridine rings is 1. The molecule has 0 radical (unpaired) electrons. The molecule has 1 unspecified atom stereocenters. The van der Waals surface area contributed by atoms with Gasteiger partial charge in [0.15, 0.2) is 0 Å². The van der Waals surface area contributed by atoms with E-state index in [1.165, 1.54) is 12.1 Å². The Morgan fingerprint density at radius 2 is 1.68 bits per heavy atom. The summed E-state index contributed by atoms with van der Waals surface area (Å²) in [5, 5.41) is 0. The van der Waals surface area contributed by atoms with E-state index >= 15 is 0 Å². The molecule has 3 nitrogen and oxygen atoms in total. The van der Waals surface area contributed by atoms with Gasteiger partial charge in [-0.1, -0.05) is 12.1 Å². The molecule has 2 N–H and O–H groups in total. The molecular formula is C14H14F2N2O. The van der Waals surface area contributed by atoms with Crippen LogP contribution < -0.4 is 10.5 Å². The summed E-state index contributed by atoms with van der Waals surface area (Å²) in [5.41, 5.74) is 8.02. The van der Waals surface area contributed by atoms with Crippen LogP contribution in [-0.2, 0) is 6.42 Å². The van der Waals surface area contributed by atoms with Crippen molar-refractivity contribution in [2.24, 2.45) is 5.73 Å². The molecule has 1 aromatic carbocycles. The van der Waals surface area contributed by atoms with Crippen molar-refractivity contribution in [3.05, 3.63) is 59.9 Å². The smallest absolute Gasteiger partial charge is 0.387 e. The van der Waals surface area contributed by atoms with Gasteiger partial charge in [0.05, 0.1) is 0 Å². The minimum absolute atomic E-state index is 0.134. The number of benzene rings is 1. The zero-order valence-electron chi connectivity index (χ0n) is 10.2. The van der Waals surface area contributed by atoms with Crippen molar-refractivity contribution >= 4 is 0 Å². The maximum absolute atomic E-state index is 12.0. The molecule has 2 rings (SSSR count). The van der Waals surface area contributed by atoms with Crippen LogP contribution in [0.5, 0.6) is 5.75 Å². The van der Waals surface area contributed by atoms with Gasteiger partial charge < -0.3 is 10.5 Å². The van der Waals surface area contributed by atoms with Crippen molar-refractivity contribution in [2.45, 2.75) is 19.1 Å². The summed E-state index contributed by atoms with van der Waals surface area (Å²) in [6.07, 6.45) is 4.08. The molecular weight excluding hydrogens is 250 g/mol. The molecule has 19 heavy (non-hydrogen) atoms. The molecule has 5 heteroatoms. The first-order valence-corrected chi connectivity index (χ1v) is 5.84. The van der Waals surface area contributed by atoms with Gasteiger partial charge in [0.25, 0.3) is 0 Å². The molecule has 0 saturated heterocycles. The van der Waals surface area contributed by atoms with Crippen molar-refractivity contribution in [3.8, 4) is 5.75 Å². The summed E-state index contributed by atoms with van der Waals surface area (Å²) in [5.74, 6) is 0.134. The maximum atomic E-state index is 12.0. The van der Waals surface area contributed by atoms with Gasteiger partial charge in [-0.2, -0.15) is 8.78 Å². The van der Waals surface area contributed by atoms with E-state index in [4.69, 9.17) is 5.73 Å². The Hall–Kier alpha value is -2.01. The van der Waals surface area contributed by atoms with Gasteiger partial charge in [0, 0.05) is 18.4 Å². The number of alkyl halides is 2. The third-order valence-corrected chi connectivity index (χ3v) is 2.74. The van der Waals surface area contributed by atoms with Gasteiger partial charge >= 0.3 is 6.61 Å². The Bertz CT molecular complexity index is 503. The second-order valence-electron chi connectivity index (χ2n) is 4.11. The standard InChI is InChI=1S/C14H14F2N2O/c15-14(16)19-12-3-1-11(2-4-12)13(17)9-10-5-7-18-8-6-10/h1-8,13-14H,9,17H2. The average molecular weight is 264 g/mol. The van der Waals surface area contributed by atoms with Crippen LogP contribution in [-0.4, -0.2) is 11.6 Å². The van der Waals surface area contributed by atoms with E-state index < -0.39 is 6.61 Å². The van der Waals surface area contributed by atoms with Crippen LogP contribution in [0, 0.1) is 0 Å². The Morgan fingerprint density at radius 1 is 1.05 bits per heavy atom. The number of hydrogen-bond donors (Lipinski definition) is 1. The molecule has 0 saturated carbocycles. The molecule has 1 atom stereocenters. The predicted molar refractivity (Wildman–Crippen MR) is 67.9 cm³/mol. The van der Waals surface area contributed by atoms with Crippen LogP contribution in [0.1, 0.15) is 17.2 Å². The molecule has 100 valence electrons. The normalized spacial score (nSPS) is 12.4. The topological polar surface area (TPSA) is 48.1 Å². The number of halogens is 2. The van der Waals surface area contributed by atoms with Gasteiger partial charge in [-0.3, -0.25) is 4.98 Å². The van der Waals surface area contributed by atoms with E-state index in [-0.39, 0.29) is 11.8 Å². The first kappa shape index (κ1) is 13.4. The van der Waals surface area contributed by atoms with E-state index in [2.05, 4.69) is 9.72 Å². The average Bonchev–Trinajstić information content (AvgIpc) is 2.40. The van der Waals surface area contributed by atoms with E-state index in [0.717, 1.165) is 11.1 Å². The van der Waals surface area contributed by atoms with Gasteiger partial charge in [-0.15, -0.1) is 0 Å². The number of hydrogen-bond acceptors (Lipinski definition) is 3. The maximum Gasteiger partial charge on any atom is 0.387 e. The lowest BCUT2D eigenvalue weighted by Gasteiger charge is -2.13. The third kappa shape index (κ3) is 3.99. The predicted octanol–water partition coefficient (Wildman–Crippen LogP) is 2.93. The summed E-state index contributed by atoms with van der Waals surface area (Å²) in [6.45, 7) is -2.81. The largest absolute Gasteiger partial charge is 0.435 e. The summed E-state index contributed by atoms with van der Waals surface area (Å²) in [6, 6.07) is 9.99. The van der Waals surface area contributed by atoms with Crippen LogP contribution >= 0.6 is 0 Å². The molecule has 0 aliphatic rings. The van der Waals surface area contributed by atoms with Gasteiger partial charge in [-0.05, 0) is 41.8 Å². The fourth-order valence-electron chi connectivity index (χ4n) is 1.79. The van der Waals surface area contributed by atoms with Crippen LogP contribution in [0.15, 0.2) is 48.8 Å². The van der Waals surface area contributed by atoms with Gasteiger partial charge in [0.2, 0.25) is 0 Å². The molecule has 0 bridgehead atoms. The summed E-state index contributed by atoms with van der Waals surface area (Å²) < 4.78 is 28.3. The molecule has 0 fully saturated rings. The van der Waals surface area contributed by atoms with Gasteiger partial charge in [-0.25, -0.2) is 0 Å². The summed E-state index contributed by atoms with van der Waals surface area (Å²) in [4.78, 5) is 3.94. The molecule has 0 aliphatic carbocycles. The first-order chi connectivity index (χ1) is 9.15. The first-order valence-electron chi connectivity index (χ1n) is 5.84. The van der Waals surface area contributed by atoms with Crippen LogP contribution in [0.2, 0.25) is 0 Å². The highest BCUT2D eigenvalue weighted by atomic mass is 19.3. The van der Waals surface area contributed by atoms with Gasteiger partial charge in [0.1, 0.15) is 5.75 Å². The lowest BCUT2D eigenvalue weighted by molar-refractivity contribution is -0.0498. The highest BCUT2D eigenvalue weighted by Gasteiger charge is 2.08. The van der Waals surface area contributed by atoms with E-state index in [0.29, 0.717) is 6.42 Å². The van der Waals surface area contributed by atoms with Crippen LogP contribution in [0.4, 0.5) is 8.78 Å². The second-order valence-corrected chi connectivity index (χ2v) is 4.11. The van der Waals surface area contributed by atoms with E-state index in [1.54, 1.807) is 24.5 Å². The molecule has 0 spiro atoms. The Morgan fingerprint density at radius 3 is 2.26 bits per heavy atom. The molecule has 0 amide bonds.